The van der Waals surface area contributed by atoms with Gasteiger partial charge in [-0.25, -0.2) is 0 Å². The van der Waals surface area contributed by atoms with Crippen LogP contribution in [0, 0.1) is 0 Å². The fraction of sp³-hybridized carbons (Fsp3) is 0.529. The van der Waals surface area contributed by atoms with E-state index in [-0.39, 0.29) is 0 Å². The summed E-state index contributed by atoms with van der Waals surface area (Å²) < 4.78 is 0. The van der Waals surface area contributed by atoms with Gasteiger partial charge < -0.3 is 5.32 Å². The highest BCUT2D eigenvalue weighted by molar-refractivity contribution is 5.22. The lowest BCUT2D eigenvalue weighted by Crippen LogP contribution is -2.47. The van der Waals surface area contributed by atoms with Gasteiger partial charge in [-0.15, -0.1) is 0 Å². The molecule has 3 nitrogen and oxygen atoms in total. The van der Waals surface area contributed by atoms with Crippen molar-refractivity contribution in [3.63, 3.8) is 0 Å². The monoisotopic (exact) mass is 271 g/mol. The van der Waals surface area contributed by atoms with Crippen LogP contribution in [0.5, 0.6) is 0 Å². The first kappa shape index (κ1) is 13.8. The molecule has 1 aromatic carbocycles. The minimum atomic E-state index is 1.10. The summed E-state index contributed by atoms with van der Waals surface area (Å²) in [6.07, 6.45) is 0. The third kappa shape index (κ3) is 3.48. The van der Waals surface area contributed by atoms with Gasteiger partial charge in [0.1, 0.15) is 0 Å². The van der Waals surface area contributed by atoms with Crippen LogP contribution in [0.15, 0.2) is 41.5 Å². The molecule has 2 aliphatic rings. The van der Waals surface area contributed by atoms with Crippen LogP contribution in [-0.4, -0.2) is 55.6 Å². The Labute approximate surface area is 122 Å². The Bertz CT molecular complexity index is 452. The zero-order valence-electron chi connectivity index (χ0n) is 12.4. The number of benzene rings is 1. The van der Waals surface area contributed by atoms with Crippen molar-refractivity contribution in [2.24, 2.45) is 0 Å². The van der Waals surface area contributed by atoms with Gasteiger partial charge in [-0.05, 0) is 18.1 Å². The summed E-state index contributed by atoms with van der Waals surface area (Å²) in [5, 5.41) is 3.33. The highest BCUT2D eigenvalue weighted by Gasteiger charge is 2.18. The number of nitrogens with zero attached hydrogens (tertiary/aromatic N) is 2. The van der Waals surface area contributed by atoms with Gasteiger partial charge in [-0.3, -0.25) is 9.80 Å². The van der Waals surface area contributed by atoms with Gasteiger partial charge in [0.2, 0.25) is 0 Å². The Hall–Kier alpha value is -1.16. The van der Waals surface area contributed by atoms with Gasteiger partial charge in [0.05, 0.1) is 0 Å². The van der Waals surface area contributed by atoms with E-state index in [2.05, 4.69) is 52.4 Å². The van der Waals surface area contributed by atoms with E-state index in [0.29, 0.717) is 0 Å². The van der Waals surface area contributed by atoms with Crippen molar-refractivity contribution in [1.82, 2.24) is 15.1 Å². The van der Waals surface area contributed by atoms with Crippen LogP contribution >= 0.6 is 0 Å². The molecule has 0 atom stereocenters. The molecule has 0 unspecified atom stereocenters. The van der Waals surface area contributed by atoms with Crippen molar-refractivity contribution >= 4 is 0 Å². The fourth-order valence-electron chi connectivity index (χ4n) is 2.95. The highest BCUT2D eigenvalue weighted by Crippen LogP contribution is 2.13. The van der Waals surface area contributed by atoms with Gasteiger partial charge in [-0.1, -0.05) is 35.9 Å². The Kier molecular flexibility index (Phi) is 4.51. The molecule has 1 aromatic rings. The van der Waals surface area contributed by atoms with E-state index in [9.17, 15) is 0 Å². The van der Waals surface area contributed by atoms with E-state index < -0.39 is 0 Å². The lowest BCUT2D eigenvalue weighted by molar-refractivity contribution is 0.134. The lowest BCUT2D eigenvalue weighted by atomic mass is 10.0. The van der Waals surface area contributed by atoms with Gasteiger partial charge in [0, 0.05) is 52.4 Å². The second kappa shape index (κ2) is 6.53. The summed E-state index contributed by atoms with van der Waals surface area (Å²) in [4.78, 5) is 5.17. The van der Waals surface area contributed by atoms with Crippen LogP contribution < -0.4 is 5.32 Å². The van der Waals surface area contributed by atoms with Gasteiger partial charge in [-0.2, -0.15) is 0 Å². The molecular weight excluding hydrogens is 246 g/mol. The third-order valence-electron chi connectivity index (χ3n) is 4.46. The predicted molar refractivity (Wildman–Crippen MR) is 83.7 cm³/mol. The summed E-state index contributed by atoms with van der Waals surface area (Å²) in [6.45, 7) is 11.6. The van der Waals surface area contributed by atoms with E-state index in [0.717, 1.165) is 26.2 Å². The summed E-state index contributed by atoms with van der Waals surface area (Å²) in [5.74, 6) is 0. The molecule has 2 heterocycles. The second-order valence-corrected chi connectivity index (χ2v) is 6.03. The molecule has 0 saturated carbocycles. The molecule has 0 aliphatic carbocycles. The topological polar surface area (TPSA) is 18.5 Å². The van der Waals surface area contributed by atoms with Crippen LogP contribution in [0.3, 0.4) is 0 Å². The van der Waals surface area contributed by atoms with Crippen molar-refractivity contribution in [3.05, 3.63) is 47.0 Å². The first-order valence-electron chi connectivity index (χ1n) is 7.68. The predicted octanol–water partition coefficient (Wildman–Crippen LogP) is 1.72. The molecule has 0 amide bonds. The highest BCUT2D eigenvalue weighted by atomic mass is 15.3. The smallest absolute Gasteiger partial charge is 0.0234 e. The van der Waals surface area contributed by atoms with Crippen LogP contribution in [0.2, 0.25) is 0 Å². The number of rotatable bonds is 4. The molecular formula is C17H25N3. The number of piperazine rings is 1. The van der Waals surface area contributed by atoms with Crippen LogP contribution in [0.4, 0.5) is 0 Å². The van der Waals surface area contributed by atoms with Crippen molar-refractivity contribution in [2.75, 3.05) is 45.8 Å². The molecule has 3 heteroatoms. The second-order valence-electron chi connectivity index (χ2n) is 6.03. The summed E-state index contributed by atoms with van der Waals surface area (Å²) in [6, 6.07) is 10.8. The Morgan fingerprint density at radius 3 is 2.25 bits per heavy atom. The Balaban J connectivity index is 1.45. The molecule has 0 radical (unpaired) electrons. The fourth-order valence-corrected chi connectivity index (χ4v) is 2.95. The molecule has 1 N–H and O–H groups in total. The molecule has 2 saturated heterocycles. The largest absolute Gasteiger partial charge is 0.309 e. The first-order valence-corrected chi connectivity index (χ1v) is 7.68. The van der Waals surface area contributed by atoms with Gasteiger partial charge in [0.15, 0.2) is 0 Å². The van der Waals surface area contributed by atoms with Gasteiger partial charge >= 0.3 is 0 Å². The molecule has 3 rings (SSSR count). The molecule has 2 fully saturated rings. The van der Waals surface area contributed by atoms with E-state index >= 15 is 0 Å². The lowest BCUT2D eigenvalue weighted by Gasteiger charge is -2.35. The average Bonchev–Trinajstić information content (AvgIpc) is 2.40. The van der Waals surface area contributed by atoms with Crippen molar-refractivity contribution in [3.8, 4) is 0 Å². The van der Waals surface area contributed by atoms with Gasteiger partial charge in [0.25, 0.3) is 0 Å². The Morgan fingerprint density at radius 2 is 1.65 bits per heavy atom. The standard InChI is InChI=1S/C17H25N3/c1-15(17-11-18-12-17)13-19-7-9-20(10-8-19)14-16-5-3-2-4-6-16/h2-6,18H,7-14H2,1H3. The van der Waals surface area contributed by atoms with E-state index in [1.54, 1.807) is 11.1 Å². The van der Waals surface area contributed by atoms with Crippen molar-refractivity contribution in [1.29, 1.82) is 0 Å². The molecule has 0 bridgehead atoms. The maximum absolute atomic E-state index is 3.33. The first-order chi connectivity index (χ1) is 9.81. The summed E-state index contributed by atoms with van der Waals surface area (Å²) in [7, 11) is 0. The minimum absolute atomic E-state index is 1.10. The summed E-state index contributed by atoms with van der Waals surface area (Å²) >= 11 is 0. The van der Waals surface area contributed by atoms with Crippen molar-refractivity contribution in [2.45, 2.75) is 13.5 Å². The van der Waals surface area contributed by atoms with Crippen LogP contribution in [0.25, 0.3) is 0 Å². The third-order valence-corrected chi connectivity index (χ3v) is 4.46. The quantitative estimate of drug-likeness (QED) is 0.841. The average molecular weight is 271 g/mol. The normalized spacial score (nSPS) is 20.8. The number of hydrogen-bond acceptors (Lipinski definition) is 3. The zero-order valence-corrected chi connectivity index (χ0v) is 12.4. The molecule has 108 valence electrons. The molecule has 2 aliphatic heterocycles. The Morgan fingerprint density at radius 1 is 1.00 bits per heavy atom. The van der Waals surface area contributed by atoms with Crippen LogP contribution in [-0.2, 0) is 6.54 Å². The molecule has 0 spiro atoms. The van der Waals surface area contributed by atoms with Crippen molar-refractivity contribution < 1.29 is 0 Å². The SMILES string of the molecule is CC(CN1CCN(Cc2ccccc2)CC1)=C1CNC1. The maximum atomic E-state index is 3.33. The molecule has 20 heavy (non-hydrogen) atoms. The minimum Gasteiger partial charge on any atom is -0.309 e. The maximum Gasteiger partial charge on any atom is 0.0234 e. The number of nitrogens with one attached hydrogen (secondary N) is 1. The van der Waals surface area contributed by atoms with E-state index in [1.165, 1.54) is 31.7 Å². The molecule has 0 aromatic heterocycles. The number of hydrogen-bond donors (Lipinski definition) is 1. The van der Waals surface area contributed by atoms with E-state index in [1.807, 2.05) is 0 Å². The van der Waals surface area contributed by atoms with Crippen LogP contribution in [0.1, 0.15) is 12.5 Å². The summed E-state index contributed by atoms with van der Waals surface area (Å²) in [5.41, 5.74) is 4.64. The van der Waals surface area contributed by atoms with E-state index in [4.69, 9.17) is 0 Å². The zero-order chi connectivity index (χ0) is 13.8.